The molecule has 4 heteroatoms. The zero-order valence-electron chi connectivity index (χ0n) is 6.75. The van der Waals surface area contributed by atoms with Gasteiger partial charge in [-0.1, -0.05) is 0 Å². The zero-order valence-corrected chi connectivity index (χ0v) is 7.56. The molecule has 0 heterocycles. The third-order valence-corrected chi connectivity index (χ3v) is 3.14. The Morgan fingerprint density at radius 3 is 2.55 bits per heavy atom. The molecule has 0 saturated heterocycles. The van der Waals surface area contributed by atoms with Gasteiger partial charge in [0.2, 0.25) is 0 Å². The molecule has 1 fully saturated rings. The molecule has 1 rings (SSSR count). The summed E-state index contributed by atoms with van der Waals surface area (Å²) < 4.78 is 18.1. The number of aliphatic hydroxyl groups excluding tert-OH is 1. The average Bonchev–Trinajstić information content (AvgIpc) is 1.75. The lowest BCUT2D eigenvalue weighted by molar-refractivity contribution is 0.0418. The minimum absolute atomic E-state index is 0.126. The Bertz CT molecular complexity index is 217. The maximum Gasteiger partial charge on any atom is 0.0545 e. The summed E-state index contributed by atoms with van der Waals surface area (Å²) in [5.74, 6) is 1.01. The van der Waals surface area contributed by atoms with Crippen LogP contribution >= 0.6 is 0 Å². The maximum absolute atomic E-state index is 10.9. The predicted octanol–water partition coefficient (Wildman–Crippen LogP) is 0.824. The van der Waals surface area contributed by atoms with Crippen LogP contribution in [0.5, 0.6) is 0 Å². The van der Waals surface area contributed by atoms with Crippen LogP contribution in [0.25, 0.3) is 0 Å². The van der Waals surface area contributed by atoms with Crippen molar-refractivity contribution in [2.45, 2.75) is 25.4 Å². The van der Waals surface area contributed by atoms with Gasteiger partial charge in [-0.3, -0.25) is 8.99 Å². The second kappa shape index (κ2) is 3.11. The molecule has 1 unspecified atom stereocenters. The van der Waals surface area contributed by atoms with Crippen molar-refractivity contribution in [3.63, 3.8) is 0 Å². The Labute approximate surface area is 67.8 Å². The fourth-order valence-corrected chi connectivity index (χ4v) is 2.11. The van der Waals surface area contributed by atoms with Gasteiger partial charge < -0.3 is 5.11 Å². The number of rotatable bonds is 3. The molecule has 3 nitrogen and oxygen atoms in total. The Morgan fingerprint density at radius 2 is 2.18 bits per heavy atom. The lowest BCUT2D eigenvalue weighted by Gasteiger charge is -2.31. The lowest BCUT2D eigenvalue weighted by atomic mass is 9.81. The second-order valence-corrected chi connectivity index (χ2v) is 5.91. The van der Waals surface area contributed by atoms with Crippen LogP contribution in [-0.4, -0.2) is 27.4 Å². The molecular formula is C7H15NO2S. The first-order chi connectivity index (χ1) is 4.97. The van der Waals surface area contributed by atoms with Gasteiger partial charge in [-0.25, -0.2) is 0 Å². The van der Waals surface area contributed by atoms with E-state index in [1.54, 1.807) is 0 Å². The van der Waals surface area contributed by atoms with Crippen molar-refractivity contribution in [1.82, 2.24) is 0 Å². The van der Waals surface area contributed by atoms with Crippen LogP contribution in [-0.2, 0) is 9.73 Å². The van der Waals surface area contributed by atoms with E-state index in [1.807, 2.05) is 0 Å². The molecule has 1 saturated carbocycles. The van der Waals surface area contributed by atoms with Gasteiger partial charge >= 0.3 is 0 Å². The topological polar surface area (TPSA) is 61.2 Å². The van der Waals surface area contributed by atoms with E-state index in [0.717, 1.165) is 19.3 Å². The Morgan fingerprint density at radius 1 is 1.64 bits per heavy atom. The quantitative estimate of drug-likeness (QED) is 0.670. The normalized spacial score (nSPS) is 35.8. The van der Waals surface area contributed by atoms with E-state index in [0.29, 0.717) is 11.7 Å². The van der Waals surface area contributed by atoms with Crippen LogP contribution in [0, 0.1) is 10.7 Å². The molecule has 1 aliphatic rings. The van der Waals surface area contributed by atoms with Gasteiger partial charge in [0.25, 0.3) is 0 Å². The van der Waals surface area contributed by atoms with E-state index >= 15 is 0 Å². The van der Waals surface area contributed by atoms with Crippen LogP contribution < -0.4 is 0 Å². The van der Waals surface area contributed by atoms with Gasteiger partial charge in [-0.2, -0.15) is 0 Å². The molecule has 0 radical (unpaired) electrons. The molecule has 0 amide bonds. The van der Waals surface area contributed by atoms with Gasteiger partial charge in [0.15, 0.2) is 0 Å². The molecule has 0 spiro atoms. The van der Waals surface area contributed by atoms with Crippen LogP contribution in [0.3, 0.4) is 0 Å². The molecule has 11 heavy (non-hydrogen) atoms. The third kappa shape index (κ3) is 3.20. The van der Waals surface area contributed by atoms with Crippen LogP contribution in [0.4, 0.5) is 0 Å². The number of hydrogen-bond acceptors (Lipinski definition) is 3. The molecule has 0 bridgehead atoms. The summed E-state index contributed by atoms with van der Waals surface area (Å²) in [5.41, 5.74) is 0. The van der Waals surface area contributed by atoms with E-state index in [4.69, 9.17) is 9.89 Å². The highest BCUT2D eigenvalue weighted by Gasteiger charge is 2.26. The van der Waals surface area contributed by atoms with E-state index in [2.05, 4.69) is 0 Å². The van der Waals surface area contributed by atoms with Crippen molar-refractivity contribution in [1.29, 1.82) is 4.78 Å². The van der Waals surface area contributed by atoms with Gasteiger partial charge in [-0.15, -0.1) is 0 Å². The molecule has 2 N–H and O–H groups in total. The lowest BCUT2D eigenvalue weighted by Crippen LogP contribution is -2.29. The smallest absolute Gasteiger partial charge is 0.0545 e. The minimum atomic E-state index is -2.29. The van der Waals surface area contributed by atoms with Crippen molar-refractivity contribution in [2.75, 3.05) is 12.0 Å². The molecule has 0 aromatic carbocycles. The van der Waals surface area contributed by atoms with Crippen LogP contribution in [0.15, 0.2) is 0 Å². The van der Waals surface area contributed by atoms with Gasteiger partial charge in [0.1, 0.15) is 0 Å². The summed E-state index contributed by atoms with van der Waals surface area (Å²) in [5, 5.41) is 8.93. The van der Waals surface area contributed by atoms with Gasteiger partial charge in [-0.05, 0) is 25.2 Å². The molecular weight excluding hydrogens is 162 g/mol. The van der Waals surface area contributed by atoms with Crippen molar-refractivity contribution >= 4 is 9.73 Å². The summed E-state index contributed by atoms with van der Waals surface area (Å²) in [6, 6.07) is 0. The average molecular weight is 177 g/mol. The van der Waals surface area contributed by atoms with E-state index in [1.165, 1.54) is 6.26 Å². The molecule has 1 aliphatic carbocycles. The molecule has 66 valence electrons. The monoisotopic (exact) mass is 177 g/mol. The summed E-state index contributed by atoms with van der Waals surface area (Å²) in [6.45, 7) is 0. The fourth-order valence-electron chi connectivity index (χ4n) is 1.33. The highest BCUT2D eigenvalue weighted by Crippen LogP contribution is 2.30. The Balaban J connectivity index is 2.15. The van der Waals surface area contributed by atoms with Gasteiger partial charge in [0, 0.05) is 21.7 Å². The predicted molar refractivity (Wildman–Crippen MR) is 45.0 cm³/mol. The Kier molecular flexibility index (Phi) is 2.54. The Hall–Kier alpha value is -0.0900. The first-order valence-corrected chi connectivity index (χ1v) is 6.00. The minimum Gasteiger partial charge on any atom is -0.393 e. The van der Waals surface area contributed by atoms with Crippen LogP contribution in [0.1, 0.15) is 19.3 Å². The van der Waals surface area contributed by atoms with E-state index in [-0.39, 0.29) is 6.10 Å². The largest absolute Gasteiger partial charge is 0.393 e. The van der Waals surface area contributed by atoms with Gasteiger partial charge in [0.05, 0.1) is 6.10 Å². The van der Waals surface area contributed by atoms with Crippen molar-refractivity contribution < 1.29 is 9.32 Å². The number of aliphatic hydroxyl groups is 1. The summed E-state index contributed by atoms with van der Waals surface area (Å²) in [6.07, 6.45) is 3.88. The highest BCUT2D eigenvalue weighted by molar-refractivity contribution is 7.91. The summed E-state index contributed by atoms with van der Waals surface area (Å²) in [7, 11) is -2.29. The third-order valence-electron chi connectivity index (χ3n) is 2.13. The standard InChI is InChI=1S/C7H15NO2S/c1-11(8,10)3-2-6-4-7(9)5-6/h6-9H,2-5H2,1H3. The zero-order chi connectivity index (χ0) is 8.48. The van der Waals surface area contributed by atoms with E-state index in [9.17, 15) is 4.21 Å². The fraction of sp³-hybridized carbons (Fsp3) is 1.00. The SMILES string of the molecule is CS(=N)(=O)CCC1CC(O)C1. The van der Waals surface area contributed by atoms with Crippen molar-refractivity contribution in [3.8, 4) is 0 Å². The first-order valence-electron chi connectivity index (χ1n) is 3.87. The molecule has 1 atom stereocenters. The first kappa shape index (κ1) is 9.00. The van der Waals surface area contributed by atoms with Crippen molar-refractivity contribution in [2.24, 2.45) is 5.92 Å². The highest BCUT2D eigenvalue weighted by atomic mass is 32.2. The molecule has 0 aliphatic heterocycles. The van der Waals surface area contributed by atoms with E-state index < -0.39 is 9.73 Å². The molecule has 0 aromatic rings. The van der Waals surface area contributed by atoms with Crippen LogP contribution in [0.2, 0.25) is 0 Å². The number of hydrogen-bond donors (Lipinski definition) is 2. The maximum atomic E-state index is 10.9. The number of nitrogens with one attached hydrogen (secondary N) is 1. The molecule has 0 aromatic heterocycles. The second-order valence-electron chi connectivity index (χ2n) is 3.49. The van der Waals surface area contributed by atoms with Crippen molar-refractivity contribution in [3.05, 3.63) is 0 Å². The summed E-state index contributed by atoms with van der Waals surface area (Å²) in [4.78, 5) is 0. The summed E-state index contributed by atoms with van der Waals surface area (Å²) >= 11 is 0.